The summed E-state index contributed by atoms with van der Waals surface area (Å²) in [4.78, 5) is 0. The van der Waals surface area contributed by atoms with E-state index in [1.165, 1.54) is 11.1 Å². The molecule has 1 N–H and O–H groups in total. The smallest absolute Gasteiger partial charge is 0.148 e. The van der Waals surface area contributed by atoms with Crippen LogP contribution in [0.3, 0.4) is 0 Å². The van der Waals surface area contributed by atoms with Crippen LogP contribution in [0.4, 0.5) is 5.82 Å². The van der Waals surface area contributed by atoms with E-state index in [0.29, 0.717) is 0 Å². The SMILES string of the molecule is CNc1cc(-c2ccc3c(c2)CCCO3)n(C)n1. The highest BCUT2D eigenvalue weighted by atomic mass is 16.5. The molecular weight excluding hydrogens is 226 g/mol. The summed E-state index contributed by atoms with van der Waals surface area (Å²) in [6, 6.07) is 8.44. The lowest BCUT2D eigenvalue weighted by Crippen LogP contribution is -2.08. The largest absolute Gasteiger partial charge is 0.493 e. The highest BCUT2D eigenvalue weighted by Crippen LogP contribution is 2.30. The average molecular weight is 243 g/mol. The molecule has 0 saturated carbocycles. The summed E-state index contributed by atoms with van der Waals surface area (Å²) in [5.74, 6) is 1.92. The van der Waals surface area contributed by atoms with Crippen molar-refractivity contribution in [3.63, 3.8) is 0 Å². The molecule has 1 aliphatic rings. The van der Waals surface area contributed by atoms with Crippen molar-refractivity contribution in [1.29, 1.82) is 0 Å². The average Bonchev–Trinajstić information content (AvgIpc) is 2.79. The number of nitrogens with zero attached hydrogens (tertiary/aromatic N) is 2. The number of hydrogen-bond donors (Lipinski definition) is 1. The van der Waals surface area contributed by atoms with Gasteiger partial charge in [0.1, 0.15) is 11.6 Å². The molecule has 0 unspecified atom stereocenters. The fourth-order valence-corrected chi connectivity index (χ4v) is 2.38. The van der Waals surface area contributed by atoms with Gasteiger partial charge >= 0.3 is 0 Å². The molecule has 18 heavy (non-hydrogen) atoms. The van der Waals surface area contributed by atoms with E-state index in [0.717, 1.165) is 36.7 Å². The van der Waals surface area contributed by atoms with Crippen LogP contribution < -0.4 is 10.1 Å². The number of anilines is 1. The standard InChI is InChI=1S/C14H17N3O/c1-15-14-9-12(17(2)16-14)10-5-6-13-11(8-10)4-3-7-18-13/h5-6,8-9H,3-4,7H2,1-2H3,(H,15,16). The lowest BCUT2D eigenvalue weighted by atomic mass is 10.0. The number of fused-ring (bicyclic) bond motifs is 1. The maximum Gasteiger partial charge on any atom is 0.148 e. The van der Waals surface area contributed by atoms with Crippen molar-refractivity contribution in [2.45, 2.75) is 12.8 Å². The number of aryl methyl sites for hydroxylation is 2. The van der Waals surface area contributed by atoms with Crippen LogP contribution in [0.15, 0.2) is 24.3 Å². The molecule has 0 fully saturated rings. The van der Waals surface area contributed by atoms with Gasteiger partial charge in [0.05, 0.1) is 12.3 Å². The summed E-state index contributed by atoms with van der Waals surface area (Å²) in [7, 11) is 3.85. The van der Waals surface area contributed by atoms with Gasteiger partial charge in [-0.3, -0.25) is 4.68 Å². The van der Waals surface area contributed by atoms with E-state index in [1.54, 1.807) is 0 Å². The maximum absolute atomic E-state index is 5.64. The predicted octanol–water partition coefficient (Wildman–Crippen LogP) is 2.45. The van der Waals surface area contributed by atoms with Crippen LogP contribution in [0.5, 0.6) is 5.75 Å². The van der Waals surface area contributed by atoms with Crippen molar-refractivity contribution in [2.75, 3.05) is 19.0 Å². The normalized spacial score (nSPS) is 13.9. The molecule has 2 heterocycles. The van der Waals surface area contributed by atoms with Crippen LogP contribution in [0.1, 0.15) is 12.0 Å². The van der Waals surface area contributed by atoms with Crippen molar-refractivity contribution >= 4 is 5.82 Å². The summed E-state index contributed by atoms with van der Waals surface area (Å²) in [6.45, 7) is 0.835. The van der Waals surface area contributed by atoms with Crippen LogP contribution in [-0.2, 0) is 13.5 Å². The van der Waals surface area contributed by atoms with E-state index in [1.807, 2.05) is 18.8 Å². The van der Waals surface area contributed by atoms with E-state index in [-0.39, 0.29) is 0 Å². The Balaban J connectivity index is 2.03. The van der Waals surface area contributed by atoms with E-state index in [4.69, 9.17) is 4.74 Å². The lowest BCUT2D eigenvalue weighted by molar-refractivity contribution is 0.288. The lowest BCUT2D eigenvalue weighted by Gasteiger charge is -2.17. The minimum Gasteiger partial charge on any atom is -0.493 e. The Morgan fingerprint density at radius 1 is 1.33 bits per heavy atom. The van der Waals surface area contributed by atoms with Gasteiger partial charge in [0, 0.05) is 25.7 Å². The number of ether oxygens (including phenoxy) is 1. The topological polar surface area (TPSA) is 39.1 Å². The van der Waals surface area contributed by atoms with Gasteiger partial charge in [0.25, 0.3) is 0 Å². The molecule has 2 aromatic rings. The Bertz CT molecular complexity index is 574. The van der Waals surface area contributed by atoms with Gasteiger partial charge in [-0.25, -0.2) is 0 Å². The third-order valence-corrected chi connectivity index (χ3v) is 3.34. The van der Waals surface area contributed by atoms with Crippen LogP contribution in [0.25, 0.3) is 11.3 Å². The molecule has 0 bridgehead atoms. The van der Waals surface area contributed by atoms with Crippen LogP contribution >= 0.6 is 0 Å². The van der Waals surface area contributed by atoms with Crippen molar-refractivity contribution < 1.29 is 4.74 Å². The molecule has 1 aromatic heterocycles. The molecular formula is C14H17N3O. The first-order valence-corrected chi connectivity index (χ1v) is 6.26. The Morgan fingerprint density at radius 2 is 2.22 bits per heavy atom. The Labute approximate surface area is 107 Å². The van der Waals surface area contributed by atoms with E-state index < -0.39 is 0 Å². The predicted molar refractivity (Wildman–Crippen MR) is 72.0 cm³/mol. The molecule has 3 rings (SSSR count). The summed E-state index contributed by atoms with van der Waals surface area (Å²) < 4.78 is 7.54. The number of benzene rings is 1. The first-order chi connectivity index (χ1) is 8.78. The van der Waals surface area contributed by atoms with Gasteiger partial charge in [-0.15, -0.1) is 0 Å². The van der Waals surface area contributed by atoms with Crippen LogP contribution in [0.2, 0.25) is 0 Å². The molecule has 0 amide bonds. The van der Waals surface area contributed by atoms with Crippen molar-refractivity contribution in [1.82, 2.24) is 9.78 Å². The van der Waals surface area contributed by atoms with Gasteiger partial charge in [-0.2, -0.15) is 5.10 Å². The number of aromatic nitrogens is 2. The Hall–Kier alpha value is -1.97. The minimum absolute atomic E-state index is 0.835. The highest BCUT2D eigenvalue weighted by molar-refractivity contribution is 5.65. The van der Waals surface area contributed by atoms with E-state index in [2.05, 4.69) is 34.7 Å². The molecule has 1 aromatic carbocycles. The van der Waals surface area contributed by atoms with E-state index >= 15 is 0 Å². The minimum atomic E-state index is 0.835. The number of rotatable bonds is 2. The van der Waals surface area contributed by atoms with Gasteiger partial charge in [0.15, 0.2) is 0 Å². The van der Waals surface area contributed by atoms with Crippen LogP contribution in [-0.4, -0.2) is 23.4 Å². The first-order valence-electron chi connectivity index (χ1n) is 6.26. The Kier molecular flexibility index (Phi) is 2.70. The molecule has 0 saturated heterocycles. The zero-order valence-corrected chi connectivity index (χ0v) is 10.7. The first kappa shape index (κ1) is 11.1. The zero-order chi connectivity index (χ0) is 12.5. The highest BCUT2D eigenvalue weighted by Gasteiger charge is 2.13. The molecule has 1 aliphatic heterocycles. The quantitative estimate of drug-likeness (QED) is 0.880. The molecule has 94 valence electrons. The molecule has 0 radical (unpaired) electrons. The summed E-state index contributed by atoms with van der Waals surface area (Å²) >= 11 is 0. The summed E-state index contributed by atoms with van der Waals surface area (Å²) in [6.07, 6.45) is 2.20. The van der Waals surface area contributed by atoms with Crippen LogP contribution in [0, 0.1) is 0 Å². The third kappa shape index (κ3) is 1.83. The summed E-state index contributed by atoms with van der Waals surface area (Å²) in [5, 5.41) is 7.46. The molecule has 4 nitrogen and oxygen atoms in total. The molecule has 0 atom stereocenters. The van der Waals surface area contributed by atoms with Gasteiger partial charge in [0.2, 0.25) is 0 Å². The molecule has 0 aliphatic carbocycles. The van der Waals surface area contributed by atoms with Gasteiger partial charge in [-0.1, -0.05) is 0 Å². The number of nitrogens with one attached hydrogen (secondary N) is 1. The maximum atomic E-state index is 5.64. The molecule has 0 spiro atoms. The zero-order valence-electron chi connectivity index (χ0n) is 10.7. The monoisotopic (exact) mass is 243 g/mol. The number of hydrogen-bond acceptors (Lipinski definition) is 3. The third-order valence-electron chi connectivity index (χ3n) is 3.34. The second kappa shape index (κ2) is 4.37. The fourth-order valence-electron chi connectivity index (χ4n) is 2.38. The van der Waals surface area contributed by atoms with Crippen molar-refractivity contribution in [3.8, 4) is 17.0 Å². The van der Waals surface area contributed by atoms with Gasteiger partial charge < -0.3 is 10.1 Å². The van der Waals surface area contributed by atoms with Gasteiger partial charge in [-0.05, 0) is 36.6 Å². The van der Waals surface area contributed by atoms with E-state index in [9.17, 15) is 0 Å². The summed E-state index contributed by atoms with van der Waals surface area (Å²) in [5.41, 5.74) is 3.61. The second-order valence-corrected chi connectivity index (χ2v) is 4.56. The van der Waals surface area contributed by atoms with Crippen molar-refractivity contribution in [2.24, 2.45) is 7.05 Å². The van der Waals surface area contributed by atoms with Crippen molar-refractivity contribution in [3.05, 3.63) is 29.8 Å². The fraction of sp³-hybridized carbons (Fsp3) is 0.357. The second-order valence-electron chi connectivity index (χ2n) is 4.56. The Morgan fingerprint density at radius 3 is 3.00 bits per heavy atom. The molecule has 4 heteroatoms.